The van der Waals surface area contributed by atoms with Crippen LogP contribution in [0.15, 0.2) is 48.2 Å². The van der Waals surface area contributed by atoms with Gasteiger partial charge in [0, 0.05) is 16.8 Å². The van der Waals surface area contributed by atoms with Gasteiger partial charge < -0.3 is 5.32 Å². The van der Waals surface area contributed by atoms with Crippen molar-refractivity contribution in [1.29, 1.82) is 0 Å². The van der Waals surface area contributed by atoms with Crippen molar-refractivity contribution in [3.63, 3.8) is 0 Å². The Hall–Kier alpha value is -1.50. The molecule has 2 aliphatic rings. The van der Waals surface area contributed by atoms with Crippen LogP contribution in [0.3, 0.4) is 0 Å². The van der Waals surface area contributed by atoms with Crippen molar-refractivity contribution in [3.05, 3.63) is 53.8 Å². The van der Waals surface area contributed by atoms with Gasteiger partial charge in [-0.3, -0.25) is 0 Å². The van der Waals surface area contributed by atoms with Gasteiger partial charge in [-0.1, -0.05) is 24.8 Å². The number of benzene rings is 1. The molecule has 1 spiro atoms. The van der Waals surface area contributed by atoms with Crippen molar-refractivity contribution in [2.75, 3.05) is 5.32 Å². The summed E-state index contributed by atoms with van der Waals surface area (Å²) in [6, 6.07) is 8.59. The molecule has 1 N–H and O–H groups in total. The number of nitrogens with one attached hydrogen (secondary N) is 1. The molecule has 1 heterocycles. The summed E-state index contributed by atoms with van der Waals surface area (Å²) < 4.78 is 0. The zero-order valence-corrected chi connectivity index (χ0v) is 9.01. The summed E-state index contributed by atoms with van der Waals surface area (Å²) in [6.45, 7) is 6.32. The Morgan fingerprint density at radius 1 is 1.27 bits per heavy atom. The molecule has 0 bridgehead atoms. The largest absolute Gasteiger partial charge is 0.359 e. The van der Waals surface area contributed by atoms with E-state index < -0.39 is 0 Å². The SMILES string of the molecule is C=C1C=C(C)Nc2ccccc2C12CC2. The summed E-state index contributed by atoms with van der Waals surface area (Å²) in [5.74, 6) is 0. The fourth-order valence-electron chi connectivity index (χ4n) is 2.55. The van der Waals surface area contributed by atoms with Gasteiger partial charge in [-0.2, -0.15) is 0 Å². The van der Waals surface area contributed by atoms with Crippen LogP contribution in [0.4, 0.5) is 5.69 Å². The molecule has 1 nitrogen and oxygen atoms in total. The third kappa shape index (κ3) is 1.16. The van der Waals surface area contributed by atoms with E-state index in [-0.39, 0.29) is 5.41 Å². The Morgan fingerprint density at radius 3 is 2.73 bits per heavy atom. The molecule has 15 heavy (non-hydrogen) atoms. The molecule has 1 aliphatic carbocycles. The van der Waals surface area contributed by atoms with Gasteiger partial charge in [-0.15, -0.1) is 0 Å². The maximum Gasteiger partial charge on any atom is 0.0423 e. The highest BCUT2D eigenvalue weighted by molar-refractivity contribution is 5.66. The predicted molar refractivity (Wildman–Crippen MR) is 63.9 cm³/mol. The number of allylic oxidation sites excluding steroid dienone is 3. The fourth-order valence-corrected chi connectivity index (χ4v) is 2.55. The molecule has 0 radical (unpaired) electrons. The minimum Gasteiger partial charge on any atom is -0.359 e. The number of para-hydroxylation sites is 1. The second kappa shape index (κ2) is 2.75. The second-order valence-electron chi connectivity index (χ2n) is 4.61. The van der Waals surface area contributed by atoms with Crippen molar-refractivity contribution in [3.8, 4) is 0 Å². The number of fused-ring (bicyclic) bond motifs is 2. The van der Waals surface area contributed by atoms with Crippen molar-refractivity contribution in [1.82, 2.24) is 0 Å². The average Bonchev–Trinajstić information content (AvgIpc) is 2.99. The molecular formula is C14H15N. The summed E-state index contributed by atoms with van der Waals surface area (Å²) >= 11 is 0. The molecule has 1 fully saturated rings. The number of hydrogen-bond donors (Lipinski definition) is 1. The third-order valence-electron chi connectivity index (χ3n) is 3.53. The highest BCUT2D eigenvalue weighted by Crippen LogP contribution is 2.56. The number of hydrogen-bond acceptors (Lipinski definition) is 1. The summed E-state index contributed by atoms with van der Waals surface area (Å²) in [4.78, 5) is 0. The first-order valence-corrected chi connectivity index (χ1v) is 5.47. The molecule has 3 rings (SSSR count). The summed E-state index contributed by atoms with van der Waals surface area (Å²) in [6.07, 6.45) is 4.68. The smallest absolute Gasteiger partial charge is 0.0423 e. The van der Waals surface area contributed by atoms with Crippen LogP contribution in [-0.2, 0) is 5.41 Å². The lowest BCUT2D eigenvalue weighted by Gasteiger charge is -2.17. The van der Waals surface area contributed by atoms with Crippen LogP contribution in [0, 0.1) is 0 Å². The standard InChI is InChI=1S/C14H15N/c1-10-9-11(2)15-13-6-4-3-5-12(13)14(10)7-8-14/h3-6,9,15H,1,7-8H2,2H3. The molecule has 1 aliphatic heterocycles. The third-order valence-corrected chi connectivity index (χ3v) is 3.53. The van der Waals surface area contributed by atoms with Crippen molar-refractivity contribution < 1.29 is 0 Å². The highest BCUT2D eigenvalue weighted by Gasteiger charge is 2.47. The van der Waals surface area contributed by atoms with Crippen LogP contribution >= 0.6 is 0 Å². The van der Waals surface area contributed by atoms with E-state index in [1.54, 1.807) is 0 Å². The van der Waals surface area contributed by atoms with Crippen LogP contribution < -0.4 is 5.32 Å². The fraction of sp³-hybridized carbons (Fsp3) is 0.286. The van der Waals surface area contributed by atoms with Crippen LogP contribution in [0.2, 0.25) is 0 Å². The minimum atomic E-state index is 0.251. The Kier molecular flexibility index (Phi) is 1.61. The van der Waals surface area contributed by atoms with Crippen LogP contribution in [0.5, 0.6) is 0 Å². The lowest BCUT2D eigenvalue weighted by Crippen LogP contribution is -2.08. The molecule has 1 saturated carbocycles. The molecule has 1 heteroatoms. The molecule has 76 valence electrons. The quantitative estimate of drug-likeness (QED) is 0.670. The van der Waals surface area contributed by atoms with Crippen molar-refractivity contribution >= 4 is 5.69 Å². The lowest BCUT2D eigenvalue weighted by molar-refractivity contribution is 0.857. The Balaban J connectivity index is 2.23. The van der Waals surface area contributed by atoms with Crippen LogP contribution in [0.25, 0.3) is 0 Å². The predicted octanol–water partition coefficient (Wildman–Crippen LogP) is 3.60. The molecule has 0 amide bonds. The van der Waals surface area contributed by atoms with Gasteiger partial charge in [-0.05, 0) is 43.0 Å². The minimum absolute atomic E-state index is 0.251. The first kappa shape index (κ1) is 8.78. The van der Waals surface area contributed by atoms with Gasteiger partial charge in [0.25, 0.3) is 0 Å². The Labute approximate surface area is 90.5 Å². The van der Waals surface area contributed by atoms with E-state index in [4.69, 9.17) is 0 Å². The van der Waals surface area contributed by atoms with Crippen molar-refractivity contribution in [2.24, 2.45) is 0 Å². The maximum absolute atomic E-state index is 4.22. The van der Waals surface area contributed by atoms with Gasteiger partial charge in [-0.25, -0.2) is 0 Å². The van der Waals surface area contributed by atoms with E-state index >= 15 is 0 Å². The molecule has 0 atom stereocenters. The summed E-state index contributed by atoms with van der Waals surface area (Å²) in [5.41, 5.74) is 5.38. The van der Waals surface area contributed by atoms with E-state index in [1.165, 1.54) is 35.4 Å². The average molecular weight is 197 g/mol. The molecule has 1 aromatic rings. The lowest BCUT2D eigenvalue weighted by atomic mass is 9.88. The zero-order valence-electron chi connectivity index (χ0n) is 9.01. The number of anilines is 1. The van der Waals surface area contributed by atoms with E-state index in [2.05, 4.69) is 49.2 Å². The zero-order chi connectivity index (χ0) is 10.5. The van der Waals surface area contributed by atoms with Crippen LogP contribution in [0.1, 0.15) is 25.3 Å². The topological polar surface area (TPSA) is 12.0 Å². The van der Waals surface area contributed by atoms with E-state index in [0.717, 1.165) is 0 Å². The number of rotatable bonds is 0. The van der Waals surface area contributed by atoms with Gasteiger partial charge in [0.15, 0.2) is 0 Å². The van der Waals surface area contributed by atoms with E-state index in [0.29, 0.717) is 0 Å². The molecule has 1 aromatic carbocycles. The Bertz CT molecular complexity index is 464. The first-order valence-electron chi connectivity index (χ1n) is 5.47. The monoisotopic (exact) mass is 197 g/mol. The highest BCUT2D eigenvalue weighted by atomic mass is 14.9. The molecule has 0 aromatic heterocycles. The molecule has 0 unspecified atom stereocenters. The van der Waals surface area contributed by atoms with Gasteiger partial charge >= 0.3 is 0 Å². The summed E-state index contributed by atoms with van der Waals surface area (Å²) in [5, 5.41) is 3.45. The first-order chi connectivity index (χ1) is 7.22. The Morgan fingerprint density at radius 2 is 2.00 bits per heavy atom. The van der Waals surface area contributed by atoms with Crippen LogP contribution in [-0.4, -0.2) is 0 Å². The van der Waals surface area contributed by atoms with Crippen molar-refractivity contribution in [2.45, 2.75) is 25.2 Å². The molecule has 0 saturated heterocycles. The second-order valence-corrected chi connectivity index (χ2v) is 4.61. The normalized spacial score (nSPS) is 21.4. The summed E-state index contributed by atoms with van der Waals surface area (Å²) in [7, 11) is 0. The maximum atomic E-state index is 4.22. The molecular weight excluding hydrogens is 182 g/mol. The van der Waals surface area contributed by atoms with Gasteiger partial charge in [0.1, 0.15) is 0 Å². The van der Waals surface area contributed by atoms with E-state index in [1.807, 2.05) is 0 Å². The van der Waals surface area contributed by atoms with E-state index in [9.17, 15) is 0 Å². The van der Waals surface area contributed by atoms with Gasteiger partial charge in [0.2, 0.25) is 0 Å². The van der Waals surface area contributed by atoms with Gasteiger partial charge in [0.05, 0.1) is 0 Å².